The van der Waals surface area contributed by atoms with Crippen molar-refractivity contribution in [3.05, 3.63) is 41.4 Å². The number of ether oxygens (including phenoxy) is 1. The van der Waals surface area contributed by atoms with Crippen molar-refractivity contribution < 1.29 is 23.5 Å². The largest absolute Gasteiger partial charge is 0.483 e. The molecule has 0 saturated carbocycles. The second-order valence-corrected chi connectivity index (χ2v) is 5.59. The second kappa shape index (κ2) is 4.50. The number of carbonyl (C=O) groups excluding carboxylic acids is 3. The lowest BCUT2D eigenvalue weighted by atomic mass is 9.87. The highest BCUT2D eigenvalue weighted by atomic mass is 19.1. The summed E-state index contributed by atoms with van der Waals surface area (Å²) in [6.45, 7) is 0. The number of allylic oxidation sites excluding steroid dienone is 1. The molecule has 1 fully saturated rings. The van der Waals surface area contributed by atoms with Gasteiger partial charge in [0.2, 0.25) is 5.91 Å². The smallest absolute Gasteiger partial charge is 0.276 e. The quantitative estimate of drug-likeness (QED) is 0.741. The van der Waals surface area contributed by atoms with Crippen LogP contribution < -0.4 is 4.90 Å². The van der Waals surface area contributed by atoms with Crippen LogP contribution in [0.1, 0.15) is 19.3 Å². The Bertz CT molecular complexity index is 754. The molecule has 0 radical (unpaired) electrons. The zero-order chi connectivity index (χ0) is 15.4. The van der Waals surface area contributed by atoms with E-state index in [4.69, 9.17) is 4.74 Å². The van der Waals surface area contributed by atoms with Gasteiger partial charge in [0.1, 0.15) is 17.5 Å². The summed E-state index contributed by atoms with van der Waals surface area (Å²) in [5.74, 6) is -2.46. The fraction of sp³-hybridized carbons (Fsp3) is 0.312. The summed E-state index contributed by atoms with van der Waals surface area (Å²) in [4.78, 5) is 38.0. The molecule has 1 aromatic rings. The van der Waals surface area contributed by atoms with Crippen LogP contribution in [-0.2, 0) is 19.1 Å². The summed E-state index contributed by atoms with van der Waals surface area (Å²) >= 11 is 0. The maximum absolute atomic E-state index is 13.9. The van der Waals surface area contributed by atoms with Crippen LogP contribution in [0.15, 0.2) is 35.6 Å². The molecule has 5 nitrogen and oxygen atoms in total. The van der Waals surface area contributed by atoms with E-state index < -0.39 is 29.7 Å². The summed E-state index contributed by atoms with van der Waals surface area (Å²) in [6.07, 6.45) is 0.552. The summed E-state index contributed by atoms with van der Waals surface area (Å²) in [5.41, 5.74) is 0.217. The third kappa shape index (κ3) is 1.60. The normalized spacial score (nSPS) is 27.1. The van der Waals surface area contributed by atoms with E-state index in [9.17, 15) is 18.8 Å². The number of fused-ring (bicyclic) bond motifs is 2. The van der Waals surface area contributed by atoms with E-state index in [0.717, 1.165) is 4.90 Å². The monoisotopic (exact) mass is 301 g/mol. The minimum absolute atomic E-state index is 0.0964. The van der Waals surface area contributed by atoms with E-state index in [2.05, 4.69) is 0 Å². The van der Waals surface area contributed by atoms with Gasteiger partial charge in [0.05, 0.1) is 5.69 Å². The minimum atomic E-state index is -1.03. The molecule has 2 heterocycles. The number of carbonyl (C=O) groups is 3. The van der Waals surface area contributed by atoms with Gasteiger partial charge in [-0.15, -0.1) is 0 Å². The number of hydrogen-bond acceptors (Lipinski definition) is 4. The molecule has 1 aliphatic carbocycles. The first kappa shape index (κ1) is 13.2. The van der Waals surface area contributed by atoms with Crippen LogP contribution in [0.2, 0.25) is 0 Å². The number of anilines is 1. The van der Waals surface area contributed by atoms with Crippen LogP contribution in [0.25, 0.3) is 0 Å². The number of amides is 2. The lowest BCUT2D eigenvalue weighted by Crippen LogP contribution is -2.34. The predicted molar refractivity (Wildman–Crippen MR) is 73.1 cm³/mol. The van der Waals surface area contributed by atoms with Gasteiger partial charge in [-0.2, -0.15) is 0 Å². The number of ketones is 1. The van der Waals surface area contributed by atoms with E-state index in [1.165, 1.54) is 18.2 Å². The highest BCUT2D eigenvalue weighted by Gasteiger charge is 2.58. The number of benzene rings is 1. The predicted octanol–water partition coefficient (Wildman–Crippen LogP) is 1.72. The standard InChI is InChI=1S/C16H12FNO4/c17-8-4-1-2-5-9(8)18-15(20)13-12-10(19)6-3-7-11(12)22-14(13)16(18)21/h1-2,4-5,13-14H,3,6-7H2/t13-,14+/m1/s1. The van der Waals surface area contributed by atoms with Gasteiger partial charge >= 0.3 is 0 Å². The Morgan fingerprint density at radius 1 is 1.09 bits per heavy atom. The summed E-state index contributed by atoms with van der Waals surface area (Å²) in [5, 5.41) is 0. The topological polar surface area (TPSA) is 63.7 Å². The van der Waals surface area contributed by atoms with Gasteiger partial charge in [0.15, 0.2) is 11.9 Å². The molecule has 4 rings (SSSR count). The van der Waals surface area contributed by atoms with Crippen molar-refractivity contribution in [3.63, 3.8) is 0 Å². The molecule has 2 amide bonds. The molecule has 2 aliphatic heterocycles. The lowest BCUT2D eigenvalue weighted by molar-refractivity contribution is -0.125. The number of imide groups is 1. The molecular formula is C16H12FNO4. The van der Waals surface area contributed by atoms with Gasteiger partial charge in [0, 0.05) is 18.4 Å². The number of Topliss-reactive ketones (excluding diaryl/α,β-unsaturated/α-hetero) is 1. The number of nitrogens with zero attached hydrogens (tertiary/aromatic N) is 1. The Morgan fingerprint density at radius 2 is 1.86 bits per heavy atom. The second-order valence-electron chi connectivity index (χ2n) is 5.59. The number of hydrogen-bond donors (Lipinski definition) is 0. The van der Waals surface area contributed by atoms with Crippen molar-refractivity contribution in [1.82, 2.24) is 0 Å². The van der Waals surface area contributed by atoms with Gasteiger partial charge in [-0.1, -0.05) is 12.1 Å². The molecule has 0 spiro atoms. The number of halogens is 1. The van der Waals surface area contributed by atoms with Gasteiger partial charge in [-0.25, -0.2) is 9.29 Å². The van der Waals surface area contributed by atoms with Crippen LogP contribution in [0.3, 0.4) is 0 Å². The molecule has 22 heavy (non-hydrogen) atoms. The van der Waals surface area contributed by atoms with Crippen molar-refractivity contribution in [2.45, 2.75) is 25.4 Å². The van der Waals surface area contributed by atoms with Gasteiger partial charge in [0.25, 0.3) is 5.91 Å². The molecular weight excluding hydrogens is 289 g/mol. The maximum Gasteiger partial charge on any atom is 0.276 e. The van der Waals surface area contributed by atoms with Gasteiger partial charge in [-0.05, 0) is 18.6 Å². The fourth-order valence-corrected chi connectivity index (χ4v) is 3.37. The first-order valence-electron chi connectivity index (χ1n) is 7.15. The third-order valence-corrected chi connectivity index (χ3v) is 4.34. The van der Waals surface area contributed by atoms with Crippen molar-refractivity contribution in [3.8, 4) is 0 Å². The molecule has 3 aliphatic rings. The average molecular weight is 301 g/mol. The molecule has 112 valence electrons. The van der Waals surface area contributed by atoms with Crippen molar-refractivity contribution >= 4 is 23.3 Å². The third-order valence-electron chi connectivity index (χ3n) is 4.34. The highest BCUT2D eigenvalue weighted by Crippen LogP contribution is 2.44. The van der Waals surface area contributed by atoms with E-state index in [-0.39, 0.29) is 11.5 Å². The maximum atomic E-state index is 13.9. The lowest BCUT2D eigenvalue weighted by Gasteiger charge is -2.19. The Kier molecular flexibility index (Phi) is 2.69. The number of para-hydroxylation sites is 1. The van der Waals surface area contributed by atoms with Crippen molar-refractivity contribution in [1.29, 1.82) is 0 Å². The molecule has 0 bridgehead atoms. The van der Waals surface area contributed by atoms with E-state index in [0.29, 0.717) is 30.6 Å². The van der Waals surface area contributed by atoms with Crippen LogP contribution >= 0.6 is 0 Å². The SMILES string of the molecule is O=C1CCCC2=C1[C@H]1C(=O)N(c3ccccc3F)C(=O)[C@H]1O2. The molecule has 1 saturated heterocycles. The average Bonchev–Trinajstić information content (AvgIpc) is 2.99. The van der Waals surface area contributed by atoms with Crippen LogP contribution in [0.5, 0.6) is 0 Å². The van der Waals surface area contributed by atoms with Gasteiger partial charge in [-0.3, -0.25) is 14.4 Å². The summed E-state index contributed by atoms with van der Waals surface area (Å²) < 4.78 is 19.5. The van der Waals surface area contributed by atoms with Crippen molar-refractivity contribution in [2.24, 2.45) is 5.92 Å². The van der Waals surface area contributed by atoms with Crippen LogP contribution in [0.4, 0.5) is 10.1 Å². The van der Waals surface area contributed by atoms with E-state index in [1.54, 1.807) is 6.07 Å². The Morgan fingerprint density at radius 3 is 2.64 bits per heavy atom. The van der Waals surface area contributed by atoms with Crippen molar-refractivity contribution in [2.75, 3.05) is 4.90 Å². The first-order valence-corrected chi connectivity index (χ1v) is 7.15. The Hall–Kier alpha value is -2.50. The van der Waals surface area contributed by atoms with E-state index >= 15 is 0 Å². The first-order chi connectivity index (χ1) is 10.6. The minimum Gasteiger partial charge on any atom is -0.483 e. The fourth-order valence-electron chi connectivity index (χ4n) is 3.37. The highest BCUT2D eigenvalue weighted by molar-refractivity contribution is 6.26. The number of rotatable bonds is 1. The molecule has 0 unspecified atom stereocenters. The summed E-state index contributed by atoms with van der Waals surface area (Å²) in [6, 6.07) is 5.57. The molecule has 1 aromatic carbocycles. The molecule has 2 atom stereocenters. The molecule has 0 N–H and O–H groups in total. The zero-order valence-electron chi connectivity index (χ0n) is 11.5. The summed E-state index contributed by atoms with van der Waals surface area (Å²) in [7, 11) is 0. The van der Waals surface area contributed by atoms with Gasteiger partial charge < -0.3 is 4.74 Å². The Balaban J connectivity index is 1.78. The zero-order valence-corrected chi connectivity index (χ0v) is 11.5. The molecule has 0 aromatic heterocycles. The molecule has 6 heteroatoms. The van der Waals surface area contributed by atoms with Crippen LogP contribution in [-0.4, -0.2) is 23.7 Å². The van der Waals surface area contributed by atoms with E-state index in [1.807, 2.05) is 0 Å². The Labute approximate surface area is 125 Å². The van der Waals surface area contributed by atoms with Crippen LogP contribution in [0, 0.1) is 11.7 Å².